The monoisotopic (exact) mass is 419 g/mol. The van der Waals surface area contributed by atoms with Crippen LogP contribution in [0.15, 0.2) is 78.9 Å². The van der Waals surface area contributed by atoms with Crippen molar-refractivity contribution in [2.24, 2.45) is 0 Å². The lowest BCUT2D eigenvalue weighted by Crippen LogP contribution is -2.18. The summed E-state index contributed by atoms with van der Waals surface area (Å²) in [6.07, 6.45) is 0. The normalized spacial score (nSPS) is 10.6. The van der Waals surface area contributed by atoms with Gasteiger partial charge >= 0.3 is 0 Å². The number of anilines is 1. The molecule has 3 N–H and O–H groups in total. The second-order valence-electron chi connectivity index (χ2n) is 6.45. The molecule has 0 fully saturated rings. The van der Waals surface area contributed by atoms with Crippen LogP contribution < -0.4 is 10.8 Å². The summed E-state index contributed by atoms with van der Waals surface area (Å²) in [6, 6.07) is 23.9. The van der Waals surface area contributed by atoms with Gasteiger partial charge in [0.25, 0.3) is 5.91 Å². The fourth-order valence-electron chi connectivity index (χ4n) is 2.98. The molecule has 0 saturated carbocycles. The number of nitrogens with one attached hydrogen (secondary N) is 2. The highest BCUT2D eigenvalue weighted by Crippen LogP contribution is 2.26. The fraction of sp³-hybridized carbons (Fsp3) is 0.0455. The average molecular weight is 420 g/mol. The number of benzene rings is 3. The minimum Gasteiger partial charge on any atom is -0.378 e. The third kappa shape index (κ3) is 4.17. The van der Waals surface area contributed by atoms with E-state index in [1.54, 1.807) is 34.4 Å². The van der Waals surface area contributed by atoms with Crippen molar-refractivity contribution in [2.75, 3.05) is 5.32 Å². The molecule has 0 bridgehead atoms. The van der Waals surface area contributed by atoms with Gasteiger partial charge in [0.05, 0.1) is 17.3 Å². The number of aromatic nitrogens is 3. The van der Waals surface area contributed by atoms with Gasteiger partial charge in [-0.15, -0.1) is 5.10 Å². The van der Waals surface area contributed by atoms with E-state index in [2.05, 4.69) is 10.4 Å². The molecule has 0 unspecified atom stereocenters. The quantitative estimate of drug-likeness (QED) is 0.320. The minimum atomic E-state index is -0.560. The summed E-state index contributed by atoms with van der Waals surface area (Å²) >= 11 is 6.34. The Hall–Kier alpha value is -3.68. The van der Waals surface area contributed by atoms with Crippen molar-refractivity contribution in [3.63, 3.8) is 0 Å². The van der Waals surface area contributed by atoms with Gasteiger partial charge in [-0.1, -0.05) is 41.9 Å². The molecule has 0 atom stereocenters. The van der Waals surface area contributed by atoms with Crippen molar-refractivity contribution in [1.29, 1.82) is 0 Å². The first-order valence-corrected chi connectivity index (χ1v) is 9.58. The second-order valence-corrected chi connectivity index (χ2v) is 6.86. The van der Waals surface area contributed by atoms with Gasteiger partial charge in [0.2, 0.25) is 0 Å². The maximum Gasteiger partial charge on any atom is 0.274 e. The van der Waals surface area contributed by atoms with Crippen LogP contribution in [0.2, 0.25) is 5.02 Å². The third-order valence-corrected chi connectivity index (χ3v) is 4.82. The molecule has 3 aromatic carbocycles. The summed E-state index contributed by atoms with van der Waals surface area (Å²) in [4.78, 5) is 16.2. The minimum absolute atomic E-state index is 0.358. The molecule has 8 heteroatoms. The number of halogens is 1. The molecule has 4 rings (SSSR count). The van der Waals surface area contributed by atoms with Crippen LogP contribution in [-0.4, -0.2) is 25.9 Å². The Morgan fingerprint density at radius 3 is 2.37 bits per heavy atom. The molecule has 0 aliphatic rings. The van der Waals surface area contributed by atoms with Crippen LogP contribution in [0.3, 0.4) is 0 Å². The van der Waals surface area contributed by atoms with Crippen LogP contribution in [0.25, 0.3) is 17.1 Å². The number of rotatable bonds is 6. The Bertz CT molecular complexity index is 1160. The lowest BCUT2D eigenvalue weighted by molar-refractivity contribution is 0.0706. The number of para-hydroxylation sites is 1. The number of carbonyl (C=O) groups is 1. The van der Waals surface area contributed by atoms with Gasteiger partial charge in [-0.25, -0.2) is 15.1 Å². The van der Waals surface area contributed by atoms with Crippen molar-refractivity contribution < 1.29 is 10.0 Å². The molecule has 1 heterocycles. The van der Waals surface area contributed by atoms with E-state index in [4.69, 9.17) is 21.8 Å². The van der Waals surface area contributed by atoms with Crippen LogP contribution in [0.5, 0.6) is 0 Å². The molecule has 0 radical (unpaired) electrons. The highest BCUT2D eigenvalue weighted by molar-refractivity contribution is 6.33. The number of hydrogen-bond acceptors (Lipinski definition) is 5. The maximum absolute atomic E-state index is 11.5. The molecule has 0 aliphatic heterocycles. The zero-order valence-electron chi connectivity index (χ0n) is 15.8. The van der Waals surface area contributed by atoms with Crippen LogP contribution >= 0.6 is 11.6 Å². The molecule has 7 nitrogen and oxygen atoms in total. The topological polar surface area (TPSA) is 92.1 Å². The lowest BCUT2D eigenvalue weighted by atomic mass is 10.2. The van der Waals surface area contributed by atoms with Gasteiger partial charge in [-0.05, 0) is 48.5 Å². The molecule has 150 valence electrons. The number of hydrogen-bond donors (Lipinski definition) is 3. The van der Waals surface area contributed by atoms with E-state index in [9.17, 15) is 4.79 Å². The van der Waals surface area contributed by atoms with E-state index < -0.39 is 5.91 Å². The van der Waals surface area contributed by atoms with Crippen molar-refractivity contribution in [3.05, 3.63) is 95.3 Å². The first-order valence-electron chi connectivity index (χ1n) is 9.20. The van der Waals surface area contributed by atoms with Gasteiger partial charge in [-0.3, -0.25) is 10.0 Å². The van der Waals surface area contributed by atoms with Gasteiger partial charge < -0.3 is 5.32 Å². The van der Waals surface area contributed by atoms with Crippen molar-refractivity contribution in [1.82, 2.24) is 20.2 Å². The molecule has 30 heavy (non-hydrogen) atoms. The van der Waals surface area contributed by atoms with Gasteiger partial charge in [-0.2, -0.15) is 0 Å². The van der Waals surface area contributed by atoms with Crippen molar-refractivity contribution in [3.8, 4) is 17.1 Å². The summed E-state index contributed by atoms with van der Waals surface area (Å²) in [6.45, 7) is 0.401. The molecule has 1 amide bonds. The van der Waals surface area contributed by atoms with Gasteiger partial charge in [0.15, 0.2) is 11.6 Å². The highest BCUT2D eigenvalue weighted by Gasteiger charge is 2.15. The molecule has 4 aromatic rings. The number of hydroxylamine groups is 1. The number of nitrogens with zero attached hydrogens (tertiary/aromatic N) is 3. The summed E-state index contributed by atoms with van der Waals surface area (Å²) in [5.41, 5.74) is 4.41. The Balaban J connectivity index is 1.63. The Labute approximate surface area is 177 Å². The van der Waals surface area contributed by atoms with E-state index in [-0.39, 0.29) is 0 Å². The summed E-state index contributed by atoms with van der Waals surface area (Å²) < 4.78 is 1.78. The highest BCUT2D eigenvalue weighted by atomic mass is 35.5. The number of carbonyl (C=O) groups excluding carboxylic acids is 1. The van der Waals surface area contributed by atoms with Gasteiger partial charge in [0.1, 0.15) is 0 Å². The van der Waals surface area contributed by atoms with E-state index in [1.165, 1.54) is 0 Å². The second kappa shape index (κ2) is 8.77. The summed E-state index contributed by atoms with van der Waals surface area (Å²) in [5.74, 6) is 0.680. The average Bonchev–Trinajstić information content (AvgIpc) is 3.22. The molecule has 0 spiro atoms. The Kier molecular flexibility index (Phi) is 5.74. The summed E-state index contributed by atoms with van der Waals surface area (Å²) in [5, 5.41) is 17.3. The molecule has 1 aromatic heterocycles. The predicted molar refractivity (Wildman–Crippen MR) is 115 cm³/mol. The van der Waals surface area contributed by atoms with E-state index in [0.29, 0.717) is 28.8 Å². The number of amides is 1. The smallest absolute Gasteiger partial charge is 0.274 e. The van der Waals surface area contributed by atoms with E-state index in [0.717, 1.165) is 16.9 Å². The largest absolute Gasteiger partial charge is 0.378 e. The first kappa shape index (κ1) is 19.6. The van der Waals surface area contributed by atoms with Crippen LogP contribution in [0.1, 0.15) is 16.2 Å². The van der Waals surface area contributed by atoms with E-state index in [1.807, 2.05) is 54.6 Å². The van der Waals surface area contributed by atoms with Crippen LogP contribution in [0, 0.1) is 0 Å². The first-order chi connectivity index (χ1) is 14.7. The maximum atomic E-state index is 11.5. The van der Waals surface area contributed by atoms with E-state index >= 15 is 0 Å². The molecule has 0 aliphatic carbocycles. The molecular weight excluding hydrogens is 402 g/mol. The van der Waals surface area contributed by atoms with Crippen LogP contribution in [-0.2, 0) is 6.54 Å². The SMILES string of the molecule is O=C(NO)c1ccc(NCc2nc(-c3ccccc3Cl)nn2-c2ccccc2)cc1. The zero-order chi connectivity index (χ0) is 20.9. The van der Waals surface area contributed by atoms with Crippen molar-refractivity contribution in [2.45, 2.75) is 6.54 Å². The fourth-order valence-corrected chi connectivity index (χ4v) is 3.20. The zero-order valence-corrected chi connectivity index (χ0v) is 16.5. The Morgan fingerprint density at radius 1 is 0.967 bits per heavy atom. The molecular formula is C22H18ClN5O2. The van der Waals surface area contributed by atoms with Crippen molar-refractivity contribution >= 4 is 23.2 Å². The van der Waals surface area contributed by atoms with Gasteiger partial charge in [0, 0.05) is 16.8 Å². The Morgan fingerprint density at radius 2 is 1.67 bits per heavy atom. The third-order valence-electron chi connectivity index (χ3n) is 4.49. The molecule has 0 saturated heterocycles. The predicted octanol–water partition coefficient (Wildman–Crippen LogP) is 4.32. The summed E-state index contributed by atoms with van der Waals surface area (Å²) in [7, 11) is 0. The standard InChI is InChI=1S/C22H18ClN5O2/c23-19-9-5-4-8-18(19)21-25-20(28(26-21)17-6-2-1-3-7-17)14-24-16-12-10-15(11-13-16)22(29)27-30/h1-13,24,30H,14H2,(H,27,29). The van der Waals surface area contributed by atoms with Crippen LogP contribution in [0.4, 0.5) is 5.69 Å². The lowest BCUT2D eigenvalue weighted by Gasteiger charge is -2.08.